The molecular weight excluding hydrogens is 490 g/mol. The number of hydrogen-bond acceptors (Lipinski definition) is 6. The highest BCUT2D eigenvalue weighted by Crippen LogP contribution is 2.64. The van der Waals surface area contributed by atoms with E-state index >= 15 is 0 Å². The van der Waals surface area contributed by atoms with Gasteiger partial charge in [-0.2, -0.15) is 0 Å². The minimum atomic E-state index is -0.0151. The van der Waals surface area contributed by atoms with Crippen molar-refractivity contribution in [2.24, 2.45) is 23.2 Å². The van der Waals surface area contributed by atoms with Gasteiger partial charge in [0.05, 0.1) is 10.9 Å². The first-order valence-corrected chi connectivity index (χ1v) is 14.6. The van der Waals surface area contributed by atoms with Crippen LogP contribution < -0.4 is 0 Å². The van der Waals surface area contributed by atoms with Gasteiger partial charge in [0.15, 0.2) is 11.5 Å². The quantitative estimate of drug-likeness (QED) is 0.324. The summed E-state index contributed by atoms with van der Waals surface area (Å²) in [6.45, 7) is 7.13. The van der Waals surface area contributed by atoms with Gasteiger partial charge in [-0.3, -0.25) is 0 Å². The summed E-state index contributed by atoms with van der Waals surface area (Å²) in [6, 6.07) is 0. The molecule has 4 saturated carbocycles. The summed E-state index contributed by atoms with van der Waals surface area (Å²) in [4.78, 5) is 17.1. The molecule has 4 aromatic heterocycles. The fourth-order valence-corrected chi connectivity index (χ4v) is 10.1. The van der Waals surface area contributed by atoms with Crippen molar-refractivity contribution in [2.45, 2.75) is 89.5 Å². The molecule has 0 N–H and O–H groups in total. The van der Waals surface area contributed by atoms with Crippen LogP contribution in [0.25, 0.3) is 15.9 Å². The molecule has 7 nitrogen and oxygen atoms in total. The fraction of sp³-hybridized carbons (Fsp3) is 0.667. The molecule has 9 rings (SSSR count). The molecule has 4 bridgehead atoms. The molecule has 0 spiro atoms. The number of fused-ring (bicyclic) bond motifs is 5. The van der Waals surface area contributed by atoms with Gasteiger partial charge in [-0.05, 0) is 98.1 Å². The standard InChI is InChI=1S/C27H32ClN7S/c1-25(2,3)17-4-5-18-19(7-17)36-22-20(18)21-31-23(32-34(21)13-29-22)26-8-15-6-16(9-26)11-27(10-15,12-26)35-14-30-24(28)33-35/h13-17H,4-12H2,1-3H3/t15-,16-,17-,26?,27?/m0/s1. The van der Waals surface area contributed by atoms with Crippen LogP contribution in [0.3, 0.4) is 0 Å². The van der Waals surface area contributed by atoms with Crippen LogP contribution in [0.1, 0.15) is 82.0 Å². The highest BCUT2D eigenvalue weighted by molar-refractivity contribution is 7.19. The molecule has 188 valence electrons. The Morgan fingerprint density at radius 1 is 1.06 bits per heavy atom. The molecule has 4 fully saturated rings. The highest BCUT2D eigenvalue weighted by Gasteiger charge is 2.61. The Balaban J connectivity index is 1.24. The van der Waals surface area contributed by atoms with Crippen LogP contribution in [0.15, 0.2) is 12.7 Å². The first kappa shape index (κ1) is 22.0. The molecule has 36 heavy (non-hydrogen) atoms. The van der Waals surface area contributed by atoms with E-state index < -0.39 is 0 Å². The van der Waals surface area contributed by atoms with E-state index in [2.05, 4.69) is 35.5 Å². The number of nitrogens with zero attached hydrogens (tertiary/aromatic N) is 7. The predicted octanol–water partition coefficient (Wildman–Crippen LogP) is 5.98. The van der Waals surface area contributed by atoms with Crippen molar-refractivity contribution in [1.82, 2.24) is 34.3 Å². The van der Waals surface area contributed by atoms with Gasteiger partial charge >= 0.3 is 0 Å². The molecule has 5 aliphatic carbocycles. The summed E-state index contributed by atoms with van der Waals surface area (Å²) >= 11 is 8.04. The van der Waals surface area contributed by atoms with E-state index in [-0.39, 0.29) is 11.0 Å². The van der Waals surface area contributed by atoms with Gasteiger partial charge in [-0.1, -0.05) is 20.8 Å². The van der Waals surface area contributed by atoms with E-state index in [1.54, 1.807) is 0 Å². The Kier molecular flexibility index (Phi) is 4.32. The van der Waals surface area contributed by atoms with Crippen molar-refractivity contribution in [3.05, 3.63) is 34.2 Å². The smallest absolute Gasteiger partial charge is 0.242 e. The predicted molar refractivity (Wildman–Crippen MR) is 141 cm³/mol. The van der Waals surface area contributed by atoms with Gasteiger partial charge < -0.3 is 0 Å². The van der Waals surface area contributed by atoms with Crippen LogP contribution in [0.2, 0.25) is 5.28 Å². The maximum Gasteiger partial charge on any atom is 0.242 e. The second-order valence-electron chi connectivity index (χ2n) is 13.4. The summed E-state index contributed by atoms with van der Waals surface area (Å²) < 4.78 is 4.05. The molecule has 4 aromatic rings. The summed E-state index contributed by atoms with van der Waals surface area (Å²) in [5.41, 5.74) is 2.80. The topological polar surface area (TPSA) is 73.8 Å². The third-order valence-electron chi connectivity index (χ3n) is 10.1. The molecule has 0 aromatic carbocycles. The highest BCUT2D eigenvalue weighted by atomic mass is 35.5. The van der Waals surface area contributed by atoms with Crippen LogP contribution >= 0.6 is 22.9 Å². The number of thiophene rings is 1. The Morgan fingerprint density at radius 2 is 1.86 bits per heavy atom. The molecule has 0 aliphatic heterocycles. The minimum Gasteiger partial charge on any atom is -0.245 e. The van der Waals surface area contributed by atoms with E-state index in [1.807, 2.05) is 28.5 Å². The number of hydrogen-bond donors (Lipinski definition) is 0. The molecule has 0 radical (unpaired) electrons. The molecule has 0 unspecified atom stereocenters. The lowest BCUT2D eigenvalue weighted by molar-refractivity contribution is -0.0715. The van der Waals surface area contributed by atoms with Crippen molar-refractivity contribution in [2.75, 3.05) is 0 Å². The van der Waals surface area contributed by atoms with E-state index in [0.29, 0.717) is 22.5 Å². The summed E-state index contributed by atoms with van der Waals surface area (Å²) in [6.07, 6.45) is 14.3. The largest absolute Gasteiger partial charge is 0.245 e. The average Bonchev–Trinajstić information content (AvgIpc) is 3.53. The number of aryl methyl sites for hydroxylation is 1. The second kappa shape index (κ2) is 7.07. The lowest BCUT2D eigenvalue weighted by Crippen LogP contribution is -2.58. The maximum atomic E-state index is 6.17. The fourth-order valence-electron chi connectivity index (χ4n) is 8.75. The van der Waals surface area contributed by atoms with Gasteiger partial charge in [0.25, 0.3) is 0 Å². The van der Waals surface area contributed by atoms with Crippen molar-refractivity contribution < 1.29 is 0 Å². The zero-order chi connectivity index (χ0) is 24.4. The first-order chi connectivity index (χ1) is 17.2. The van der Waals surface area contributed by atoms with Crippen molar-refractivity contribution in [3.63, 3.8) is 0 Å². The van der Waals surface area contributed by atoms with Crippen LogP contribution in [-0.4, -0.2) is 34.3 Å². The van der Waals surface area contributed by atoms with Crippen LogP contribution in [0, 0.1) is 23.2 Å². The second-order valence-corrected chi connectivity index (χ2v) is 14.8. The Labute approximate surface area is 219 Å². The van der Waals surface area contributed by atoms with Crippen LogP contribution in [0.4, 0.5) is 0 Å². The first-order valence-electron chi connectivity index (χ1n) is 13.5. The molecular formula is C27H32ClN7S. The molecule has 3 atom stereocenters. The Bertz CT molecular complexity index is 1510. The van der Waals surface area contributed by atoms with Gasteiger partial charge in [0.2, 0.25) is 5.28 Å². The Hall–Kier alpha value is -2.06. The van der Waals surface area contributed by atoms with Crippen molar-refractivity contribution >= 4 is 38.8 Å². The molecule has 5 aliphatic rings. The zero-order valence-corrected chi connectivity index (χ0v) is 22.7. The molecule has 4 heterocycles. The minimum absolute atomic E-state index is 0.00569. The van der Waals surface area contributed by atoms with E-state index in [4.69, 9.17) is 26.7 Å². The van der Waals surface area contributed by atoms with Gasteiger partial charge in [0, 0.05) is 10.3 Å². The SMILES string of the molecule is CC(C)(C)[C@H]1CCc2c(sc3ncn4nc(C56C[C@@H]7C[C@@H](C5)CC(n5cnc(Cl)n5)(C7)C6)nc4c23)C1. The Morgan fingerprint density at radius 3 is 2.58 bits per heavy atom. The van der Waals surface area contributed by atoms with E-state index in [1.165, 1.54) is 41.5 Å². The monoisotopic (exact) mass is 521 g/mol. The summed E-state index contributed by atoms with van der Waals surface area (Å²) in [7, 11) is 0. The van der Waals surface area contributed by atoms with Crippen molar-refractivity contribution in [1.29, 1.82) is 0 Å². The average molecular weight is 522 g/mol. The number of halogens is 1. The van der Waals surface area contributed by atoms with Crippen molar-refractivity contribution in [3.8, 4) is 0 Å². The third kappa shape index (κ3) is 3.00. The van der Waals surface area contributed by atoms with Crippen LogP contribution in [0.5, 0.6) is 0 Å². The van der Waals surface area contributed by atoms with E-state index in [9.17, 15) is 0 Å². The van der Waals surface area contributed by atoms with Gasteiger partial charge in [0.1, 0.15) is 17.5 Å². The van der Waals surface area contributed by atoms with Gasteiger partial charge in [-0.25, -0.2) is 24.1 Å². The normalized spacial score (nSPS) is 33.6. The van der Waals surface area contributed by atoms with Crippen LogP contribution in [-0.2, 0) is 23.8 Å². The number of aromatic nitrogens is 7. The molecule has 0 saturated heterocycles. The molecule has 0 amide bonds. The number of rotatable bonds is 2. The zero-order valence-electron chi connectivity index (χ0n) is 21.2. The maximum absolute atomic E-state index is 6.17. The van der Waals surface area contributed by atoms with Gasteiger partial charge in [-0.15, -0.1) is 21.5 Å². The summed E-state index contributed by atoms with van der Waals surface area (Å²) in [5.74, 6) is 3.10. The van der Waals surface area contributed by atoms with E-state index in [0.717, 1.165) is 54.3 Å². The lowest BCUT2D eigenvalue weighted by Gasteiger charge is -2.60. The lowest BCUT2D eigenvalue weighted by atomic mass is 9.46. The molecule has 9 heteroatoms. The third-order valence-corrected chi connectivity index (χ3v) is 11.4. The summed E-state index contributed by atoms with van der Waals surface area (Å²) in [5, 5.41) is 11.3.